The molecule has 2 heterocycles. The number of hydrogen-bond donors (Lipinski definition) is 1. The summed E-state index contributed by atoms with van der Waals surface area (Å²) in [6.45, 7) is 0.578. The van der Waals surface area contributed by atoms with Crippen molar-refractivity contribution in [2.75, 3.05) is 12.4 Å². The van der Waals surface area contributed by atoms with Gasteiger partial charge in [0.2, 0.25) is 0 Å². The summed E-state index contributed by atoms with van der Waals surface area (Å²) in [6, 6.07) is 15.9. The number of fused-ring (bicyclic) bond motifs is 1. The molecule has 0 spiro atoms. The SMILES string of the molecule is COc1cccc2cc(C(=O)Nc3cccc(Cn4cccn4)c3)c(=O)oc12. The Kier molecular flexibility index (Phi) is 4.63. The van der Waals surface area contributed by atoms with Crippen molar-refractivity contribution < 1.29 is 13.9 Å². The van der Waals surface area contributed by atoms with Gasteiger partial charge in [0.25, 0.3) is 5.91 Å². The van der Waals surface area contributed by atoms with Gasteiger partial charge in [-0.25, -0.2) is 4.79 Å². The standard InChI is InChI=1S/C21H17N3O4/c1-27-18-8-3-6-15-12-17(21(26)28-19(15)18)20(25)23-16-7-2-5-14(11-16)13-24-10-4-9-22-24/h2-12H,13H2,1H3,(H,23,25). The van der Waals surface area contributed by atoms with Crippen molar-refractivity contribution in [3.63, 3.8) is 0 Å². The first-order valence-corrected chi connectivity index (χ1v) is 8.62. The lowest BCUT2D eigenvalue weighted by Crippen LogP contribution is -2.20. The van der Waals surface area contributed by atoms with E-state index in [1.165, 1.54) is 13.2 Å². The molecule has 0 aliphatic rings. The number of para-hydroxylation sites is 1. The number of methoxy groups -OCH3 is 1. The number of amides is 1. The number of carbonyl (C=O) groups excluding carboxylic acids is 1. The van der Waals surface area contributed by atoms with E-state index in [9.17, 15) is 9.59 Å². The quantitative estimate of drug-likeness (QED) is 0.541. The van der Waals surface area contributed by atoms with Crippen LogP contribution in [0.15, 0.2) is 76.2 Å². The molecule has 0 aliphatic heterocycles. The molecule has 4 aromatic rings. The third-order valence-electron chi connectivity index (χ3n) is 4.28. The smallest absolute Gasteiger partial charge is 0.349 e. The van der Waals surface area contributed by atoms with Gasteiger partial charge in [-0.2, -0.15) is 5.10 Å². The van der Waals surface area contributed by atoms with E-state index in [0.29, 0.717) is 29.0 Å². The summed E-state index contributed by atoms with van der Waals surface area (Å²) < 4.78 is 12.3. The molecule has 0 saturated carbocycles. The van der Waals surface area contributed by atoms with Crippen molar-refractivity contribution in [1.29, 1.82) is 0 Å². The highest BCUT2D eigenvalue weighted by Crippen LogP contribution is 2.24. The molecule has 0 unspecified atom stereocenters. The first-order chi connectivity index (χ1) is 13.6. The van der Waals surface area contributed by atoms with Crippen molar-refractivity contribution in [3.8, 4) is 5.75 Å². The van der Waals surface area contributed by atoms with Crippen LogP contribution in [0.2, 0.25) is 0 Å². The average Bonchev–Trinajstić information content (AvgIpc) is 3.20. The number of nitrogens with zero attached hydrogens (tertiary/aromatic N) is 2. The van der Waals surface area contributed by atoms with Crippen molar-refractivity contribution in [2.45, 2.75) is 6.54 Å². The fourth-order valence-corrected chi connectivity index (χ4v) is 2.96. The van der Waals surface area contributed by atoms with E-state index in [0.717, 1.165) is 5.56 Å². The van der Waals surface area contributed by atoms with Gasteiger partial charge in [0.1, 0.15) is 5.56 Å². The molecule has 0 aliphatic carbocycles. The summed E-state index contributed by atoms with van der Waals surface area (Å²) in [7, 11) is 1.49. The topological polar surface area (TPSA) is 86.4 Å². The van der Waals surface area contributed by atoms with Crippen LogP contribution < -0.4 is 15.7 Å². The van der Waals surface area contributed by atoms with Gasteiger partial charge in [-0.3, -0.25) is 9.48 Å². The molecule has 1 N–H and O–H groups in total. The number of carbonyl (C=O) groups is 1. The fourth-order valence-electron chi connectivity index (χ4n) is 2.96. The Balaban J connectivity index is 1.60. The zero-order valence-electron chi connectivity index (χ0n) is 15.1. The lowest BCUT2D eigenvalue weighted by Gasteiger charge is -2.08. The number of anilines is 1. The Morgan fingerprint density at radius 2 is 2.04 bits per heavy atom. The van der Waals surface area contributed by atoms with Gasteiger partial charge in [0.15, 0.2) is 11.3 Å². The molecule has 0 saturated heterocycles. The van der Waals surface area contributed by atoms with Crippen LogP contribution in [-0.4, -0.2) is 22.8 Å². The second kappa shape index (κ2) is 7.40. The molecule has 7 nitrogen and oxygen atoms in total. The van der Waals surface area contributed by atoms with Crippen LogP contribution in [-0.2, 0) is 6.54 Å². The largest absolute Gasteiger partial charge is 0.493 e. The minimum Gasteiger partial charge on any atom is -0.493 e. The maximum absolute atomic E-state index is 12.6. The normalized spacial score (nSPS) is 10.8. The highest BCUT2D eigenvalue weighted by Gasteiger charge is 2.16. The van der Waals surface area contributed by atoms with Crippen LogP contribution >= 0.6 is 0 Å². The van der Waals surface area contributed by atoms with Crippen LogP contribution in [0.1, 0.15) is 15.9 Å². The third kappa shape index (κ3) is 3.50. The summed E-state index contributed by atoms with van der Waals surface area (Å²) in [5.74, 6) is -0.0948. The molecular formula is C21H17N3O4. The summed E-state index contributed by atoms with van der Waals surface area (Å²) in [5, 5.41) is 7.53. The predicted octanol–water partition coefficient (Wildman–Crippen LogP) is 3.30. The molecule has 0 radical (unpaired) electrons. The summed E-state index contributed by atoms with van der Waals surface area (Å²) in [5.41, 5.74) is 1.07. The molecule has 28 heavy (non-hydrogen) atoms. The molecular weight excluding hydrogens is 358 g/mol. The average molecular weight is 375 g/mol. The lowest BCUT2D eigenvalue weighted by atomic mass is 10.1. The van der Waals surface area contributed by atoms with Crippen molar-refractivity contribution in [1.82, 2.24) is 9.78 Å². The molecule has 1 amide bonds. The van der Waals surface area contributed by atoms with E-state index in [1.807, 2.05) is 30.5 Å². The monoisotopic (exact) mass is 375 g/mol. The van der Waals surface area contributed by atoms with Crippen molar-refractivity contribution in [3.05, 3.63) is 88.5 Å². The number of benzene rings is 2. The van der Waals surface area contributed by atoms with Crippen molar-refractivity contribution >= 4 is 22.6 Å². The predicted molar refractivity (Wildman–Crippen MR) is 105 cm³/mol. The number of aromatic nitrogens is 2. The van der Waals surface area contributed by atoms with Gasteiger partial charge < -0.3 is 14.5 Å². The molecule has 4 rings (SSSR count). The first kappa shape index (κ1) is 17.5. The Morgan fingerprint density at radius 3 is 2.82 bits per heavy atom. The molecule has 2 aromatic carbocycles. The molecule has 0 bridgehead atoms. The summed E-state index contributed by atoms with van der Waals surface area (Å²) >= 11 is 0. The Morgan fingerprint density at radius 1 is 1.18 bits per heavy atom. The molecule has 140 valence electrons. The maximum atomic E-state index is 12.6. The summed E-state index contributed by atoms with van der Waals surface area (Å²) in [6.07, 6.45) is 3.57. The van der Waals surface area contributed by atoms with E-state index in [2.05, 4.69) is 10.4 Å². The summed E-state index contributed by atoms with van der Waals surface area (Å²) in [4.78, 5) is 25.0. The minimum atomic E-state index is -0.720. The highest BCUT2D eigenvalue weighted by atomic mass is 16.5. The Bertz CT molecular complexity index is 1200. The number of nitrogens with one attached hydrogen (secondary N) is 1. The second-order valence-corrected chi connectivity index (χ2v) is 6.18. The van der Waals surface area contributed by atoms with Gasteiger partial charge in [0, 0.05) is 23.5 Å². The van der Waals surface area contributed by atoms with Gasteiger partial charge >= 0.3 is 5.63 Å². The van der Waals surface area contributed by atoms with Crippen LogP contribution in [0, 0.1) is 0 Å². The minimum absolute atomic E-state index is 0.0711. The molecule has 2 aromatic heterocycles. The van der Waals surface area contributed by atoms with Crippen LogP contribution in [0.25, 0.3) is 11.0 Å². The Labute approximate surface area is 160 Å². The van der Waals surface area contributed by atoms with Gasteiger partial charge in [-0.05, 0) is 35.9 Å². The van der Waals surface area contributed by atoms with Crippen LogP contribution in [0.5, 0.6) is 5.75 Å². The fraction of sp³-hybridized carbons (Fsp3) is 0.0952. The van der Waals surface area contributed by atoms with E-state index >= 15 is 0 Å². The lowest BCUT2D eigenvalue weighted by molar-refractivity contribution is 0.102. The van der Waals surface area contributed by atoms with Crippen LogP contribution in [0.3, 0.4) is 0 Å². The third-order valence-corrected chi connectivity index (χ3v) is 4.28. The molecule has 0 atom stereocenters. The van der Waals surface area contributed by atoms with Crippen LogP contribution in [0.4, 0.5) is 5.69 Å². The van der Waals surface area contributed by atoms with E-state index < -0.39 is 11.5 Å². The van der Waals surface area contributed by atoms with Gasteiger partial charge in [-0.15, -0.1) is 0 Å². The zero-order chi connectivity index (χ0) is 19.5. The number of rotatable bonds is 5. The van der Waals surface area contributed by atoms with Gasteiger partial charge in [0.05, 0.1) is 13.7 Å². The van der Waals surface area contributed by atoms with E-state index in [4.69, 9.17) is 9.15 Å². The van der Waals surface area contributed by atoms with E-state index in [-0.39, 0.29) is 5.56 Å². The number of ether oxygens (including phenoxy) is 1. The van der Waals surface area contributed by atoms with Crippen molar-refractivity contribution in [2.24, 2.45) is 0 Å². The highest BCUT2D eigenvalue weighted by molar-refractivity contribution is 6.05. The second-order valence-electron chi connectivity index (χ2n) is 6.18. The zero-order valence-corrected chi connectivity index (χ0v) is 15.1. The first-order valence-electron chi connectivity index (χ1n) is 8.62. The molecule has 0 fully saturated rings. The Hall–Kier alpha value is -3.87. The van der Waals surface area contributed by atoms with E-state index in [1.54, 1.807) is 35.1 Å². The maximum Gasteiger partial charge on any atom is 0.349 e. The van der Waals surface area contributed by atoms with Gasteiger partial charge in [-0.1, -0.05) is 24.3 Å². The number of hydrogen-bond acceptors (Lipinski definition) is 5. The molecule has 7 heteroatoms.